The molecule has 0 aromatic rings. The lowest BCUT2D eigenvalue weighted by Gasteiger charge is -2.00. The van der Waals surface area contributed by atoms with Crippen molar-refractivity contribution in [1.82, 2.24) is 0 Å². The lowest BCUT2D eigenvalue weighted by molar-refractivity contribution is 0.368. The highest BCUT2D eigenvalue weighted by Crippen LogP contribution is 2.34. The van der Waals surface area contributed by atoms with E-state index in [0.29, 0.717) is 0 Å². The number of allylic oxidation sites excluding steroid dienone is 3. The van der Waals surface area contributed by atoms with Crippen LogP contribution in [0.3, 0.4) is 0 Å². The molecule has 0 N–H and O–H groups in total. The van der Waals surface area contributed by atoms with Gasteiger partial charge in [-0.3, -0.25) is 0 Å². The largest absolute Gasteiger partial charge is 0.673 e. The van der Waals surface area contributed by atoms with E-state index in [1.165, 1.54) is 18.5 Å². The minimum Gasteiger partial charge on any atom is -0.418 e. The smallest absolute Gasteiger partial charge is 0.418 e. The van der Waals surface area contributed by atoms with Crippen LogP contribution in [0, 0.1) is 0 Å². The second-order valence-corrected chi connectivity index (χ2v) is 5.45. The Morgan fingerprint density at radius 1 is 0.800 bits per heavy atom. The summed E-state index contributed by atoms with van der Waals surface area (Å²) in [5.41, 5.74) is 0. The van der Waals surface area contributed by atoms with E-state index < -0.39 is 7.25 Å². The maximum atomic E-state index is 9.75. The van der Waals surface area contributed by atoms with Crippen LogP contribution in [-0.4, -0.2) is 25.7 Å². The maximum absolute atomic E-state index is 9.75. The highest BCUT2D eigenvalue weighted by molar-refractivity contribution is 7.58. The number of hydrogen-bond acceptors (Lipinski definition) is 0. The van der Waals surface area contributed by atoms with Gasteiger partial charge in [0.25, 0.3) is 0 Å². The van der Waals surface area contributed by atoms with Crippen molar-refractivity contribution in [2.24, 2.45) is 0 Å². The summed E-state index contributed by atoms with van der Waals surface area (Å²) >= 11 is 0. The fourth-order valence-electron chi connectivity index (χ4n) is 0.862. The Kier molecular flexibility index (Phi) is 11.2. The van der Waals surface area contributed by atoms with Gasteiger partial charge >= 0.3 is 7.25 Å². The zero-order valence-electron chi connectivity index (χ0n) is 8.56. The van der Waals surface area contributed by atoms with Crippen molar-refractivity contribution in [2.75, 3.05) is 18.5 Å². The molecule has 0 spiro atoms. The Balaban J connectivity index is 0. The molecule has 0 aliphatic rings. The van der Waals surface area contributed by atoms with Crippen LogP contribution in [0.25, 0.3) is 0 Å². The molecule has 0 aromatic carbocycles. The van der Waals surface area contributed by atoms with Gasteiger partial charge in [-0.15, -0.1) is 0 Å². The van der Waals surface area contributed by atoms with E-state index in [-0.39, 0.29) is 7.92 Å². The molecule has 0 radical (unpaired) electrons. The second-order valence-electron chi connectivity index (χ2n) is 2.72. The second kappa shape index (κ2) is 9.97. The molecule has 0 amide bonds. The predicted molar refractivity (Wildman–Crippen MR) is 63.7 cm³/mol. The van der Waals surface area contributed by atoms with Crippen LogP contribution in [0.5, 0.6) is 0 Å². The molecule has 0 nitrogen and oxygen atoms in total. The van der Waals surface area contributed by atoms with Gasteiger partial charge in [-0.2, -0.15) is 0 Å². The van der Waals surface area contributed by atoms with Gasteiger partial charge in [-0.05, 0) is 0 Å². The van der Waals surface area contributed by atoms with Gasteiger partial charge in [0.05, 0.1) is 18.5 Å². The molecule has 0 rings (SSSR count). The molecular weight excluding hydrogens is 226 g/mol. The van der Waals surface area contributed by atoms with Gasteiger partial charge in [-0.25, -0.2) is 0 Å². The van der Waals surface area contributed by atoms with Crippen LogP contribution in [0.4, 0.5) is 17.3 Å². The zero-order valence-corrected chi connectivity index (χ0v) is 9.56. The van der Waals surface area contributed by atoms with Crippen molar-refractivity contribution in [3.63, 3.8) is 0 Å². The molecule has 0 unspecified atom stereocenters. The lowest BCUT2D eigenvalue weighted by atomic mass is 10.3. The maximum Gasteiger partial charge on any atom is 0.673 e. The third-order valence-corrected chi connectivity index (χ3v) is 3.90. The van der Waals surface area contributed by atoms with Crippen molar-refractivity contribution in [3.8, 4) is 0 Å². The summed E-state index contributed by atoms with van der Waals surface area (Å²) in [4.78, 5) is 0. The molecule has 88 valence electrons. The zero-order chi connectivity index (χ0) is 12.3. The Labute approximate surface area is 89.6 Å². The summed E-state index contributed by atoms with van der Waals surface area (Å²) in [6, 6.07) is 0. The first-order chi connectivity index (χ1) is 6.85. The Morgan fingerprint density at radius 2 is 1.00 bits per heavy atom. The SMILES string of the molecule is C=CC[PH+](CC=C)CC=C.F[B-](F)(F)F. The molecule has 0 saturated carbocycles. The highest BCUT2D eigenvalue weighted by Gasteiger charge is 2.20. The Bertz CT molecular complexity index is 161. The first kappa shape index (κ1) is 16.8. The molecular formula is C9H16BF4P. The molecule has 0 saturated heterocycles. The molecule has 0 aliphatic heterocycles. The van der Waals surface area contributed by atoms with Gasteiger partial charge in [0.15, 0.2) is 0 Å². The summed E-state index contributed by atoms with van der Waals surface area (Å²) in [7, 11) is -6.25. The topological polar surface area (TPSA) is 0 Å². The molecule has 0 aromatic heterocycles. The third-order valence-electron chi connectivity index (χ3n) is 1.30. The number of halogens is 4. The van der Waals surface area contributed by atoms with E-state index in [0.717, 1.165) is 0 Å². The van der Waals surface area contributed by atoms with Crippen LogP contribution < -0.4 is 0 Å². The average molecular weight is 242 g/mol. The highest BCUT2D eigenvalue weighted by atomic mass is 31.1. The van der Waals surface area contributed by atoms with Crippen LogP contribution in [0.15, 0.2) is 38.0 Å². The van der Waals surface area contributed by atoms with Crippen molar-refractivity contribution < 1.29 is 17.3 Å². The normalized spacial score (nSPS) is 10.2. The van der Waals surface area contributed by atoms with Gasteiger partial charge in [-0.1, -0.05) is 38.0 Å². The number of rotatable bonds is 6. The molecule has 15 heavy (non-hydrogen) atoms. The van der Waals surface area contributed by atoms with E-state index in [9.17, 15) is 17.3 Å². The van der Waals surface area contributed by atoms with Crippen molar-refractivity contribution in [1.29, 1.82) is 0 Å². The molecule has 0 heterocycles. The quantitative estimate of drug-likeness (QED) is 0.285. The minimum absolute atomic E-state index is 0.252. The lowest BCUT2D eigenvalue weighted by Crippen LogP contribution is -2.02. The van der Waals surface area contributed by atoms with Gasteiger partial charge in [0, 0.05) is 7.92 Å². The molecule has 0 fully saturated rings. The molecule has 0 atom stereocenters. The molecule has 0 bridgehead atoms. The van der Waals surface area contributed by atoms with Crippen LogP contribution in [0.1, 0.15) is 0 Å². The Hall–Kier alpha value is -0.565. The van der Waals surface area contributed by atoms with E-state index in [1.54, 1.807) is 0 Å². The van der Waals surface area contributed by atoms with Crippen molar-refractivity contribution in [2.45, 2.75) is 0 Å². The van der Waals surface area contributed by atoms with Crippen LogP contribution >= 0.6 is 7.92 Å². The molecule has 6 heteroatoms. The minimum atomic E-state index is -6.00. The van der Waals surface area contributed by atoms with E-state index in [1.807, 2.05) is 18.2 Å². The third kappa shape index (κ3) is 24.7. The van der Waals surface area contributed by atoms with E-state index >= 15 is 0 Å². The predicted octanol–water partition coefficient (Wildman–Crippen LogP) is 4.06. The van der Waals surface area contributed by atoms with E-state index in [2.05, 4.69) is 19.7 Å². The van der Waals surface area contributed by atoms with Crippen LogP contribution in [-0.2, 0) is 0 Å². The fraction of sp³-hybridized carbons (Fsp3) is 0.333. The van der Waals surface area contributed by atoms with Crippen molar-refractivity contribution in [3.05, 3.63) is 38.0 Å². The average Bonchev–Trinajstić information content (AvgIpc) is 2.02. The molecule has 0 aliphatic carbocycles. The monoisotopic (exact) mass is 242 g/mol. The summed E-state index contributed by atoms with van der Waals surface area (Å²) in [5.74, 6) is 0. The Morgan fingerprint density at radius 3 is 1.13 bits per heavy atom. The van der Waals surface area contributed by atoms with Crippen LogP contribution in [0.2, 0.25) is 0 Å². The van der Waals surface area contributed by atoms with Gasteiger partial charge < -0.3 is 17.3 Å². The van der Waals surface area contributed by atoms with E-state index in [4.69, 9.17) is 0 Å². The standard InChI is InChI=1S/C9H15P.BF4/c1-4-7-10(8-5-2)9-6-3;2-1(3,4)5/h4-6H,1-3,7-9H2;/q;-1/p+1. The number of hydrogen-bond donors (Lipinski definition) is 0. The van der Waals surface area contributed by atoms with Gasteiger partial charge in [0.1, 0.15) is 0 Å². The fourth-order valence-corrected chi connectivity index (χ4v) is 2.59. The summed E-state index contributed by atoms with van der Waals surface area (Å²) in [5, 5.41) is 0. The summed E-state index contributed by atoms with van der Waals surface area (Å²) in [6.45, 7) is 11.2. The first-order valence-electron chi connectivity index (χ1n) is 4.38. The van der Waals surface area contributed by atoms with Crippen molar-refractivity contribution >= 4 is 15.2 Å². The van der Waals surface area contributed by atoms with Gasteiger partial charge in [0.2, 0.25) is 0 Å². The first-order valence-corrected chi connectivity index (χ1v) is 6.50. The summed E-state index contributed by atoms with van der Waals surface area (Å²) in [6.07, 6.45) is 9.51. The summed E-state index contributed by atoms with van der Waals surface area (Å²) < 4.78 is 39.0.